The van der Waals surface area contributed by atoms with E-state index in [4.69, 9.17) is 4.74 Å². The molecule has 1 unspecified atom stereocenters. The Morgan fingerprint density at radius 2 is 2.12 bits per heavy atom. The van der Waals surface area contributed by atoms with Crippen LogP contribution in [-0.4, -0.2) is 25.9 Å². The number of ether oxygens (including phenoxy) is 1. The zero-order valence-corrected chi connectivity index (χ0v) is 9.68. The number of hydrogen-bond donors (Lipinski definition) is 1. The fourth-order valence-electron chi connectivity index (χ4n) is 1.92. The highest BCUT2D eigenvalue weighted by atomic mass is 19.4. The van der Waals surface area contributed by atoms with Gasteiger partial charge in [0.25, 0.3) is 0 Å². The molecule has 5 heteroatoms. The van der Waals surface area contributed by atoms with Gasteiger partial charge in [-0.2, -0.15) is 13.2 Å². The molecule has 1 fully saturated rings. The zero-order valence-electron chi connectivity index (χ0n) is 9.68. The van der Waals surface area contributed by atoms with Crippen molar-refractivity contribution in [2.45, 2.75) is 19.5 Å². The van der Waals surface area contributed by atoms with E-state index in [1.54, 1.807) is 13.0 Å². The maximum atomic E-state index is 12.8. The number of rotatable bonds is 3. The summed E-state index contributed by atoms with van der Waals surface area (Å²) in [7, 11) is 0. The van der Waals surface area contributed by atoms with Gasteiger partial charge in [0.05, 0.1) is 6.61 Å². The van der Waals surface area contributed by atoms with E-state index in [0.29, 0.717) is 12.5 Å². The first-order chi connectivity index (χ1) is 7.97. The number of alkyl halides is 3. The molecule has 1 aliphatic heterocycles. The number of nitrogens with one attached hydrogen (secondary N) is 1. The van der Waals surface area contributed by atoms with Crippen molar-refractivity contribution in [2.24, 2.45) is 11.8 Å². The summed E-state index contributed by atoms with van der Waals surface area (Å²) in [4.78, 5) is 0. The first-order valence-corrected chi connectivity index (χ1v) is 5.75. The smallest absolute Gasteiger partial charge is 0.399 e. The minimum atomic E-state index is -4.22. The Balaban J connectivity index is 2.00. The van der Waals surface area contributed by atoms with Crippen molar-refractivity contribution in [3.63, 3.8) is 0 Å². The number of hydrogen-bond acceptors (Lipinski definition) is 2. The molecule has 96 valence electrons. The van der Waals surface area contributed by atoms with Gasteiger partial charge >= 0.3 is 6.18 Å². The molecule has 0 radical (unpaired) electrons. The fourth-order valence-corrected chi connectivity index (χ4v) is 1.92. The van der Waals surface area contributed by atoms with Crippen LogP contribution < -0.4 is 5.32 Å². The van der Waals surface area contributed by atoms with E-state index < -0.39 is 12.1 Å². The maximum absolute atomic E-state index is 12.8. The first-order valence-electron chi connectivity index (χ1n) is 5.75. The third-order valence-corrected chi connectivity index (χ3v) is 3.14. The van der Waals surface area contributed by atoms with Crippen LogP contribution in [0.4, 0.5) is 13.2 Å². The summed E-state index contributed by atoms with van der Waals surface area (Å²) in [6.07, 6.45) is -1.12. The standard InChI is InChI=1S/C12H16F3NO/c1-8-2-3-10(12(13,14)15)11(4-8)17-7-9-5-16-6-9/h2,4,9-10,16H,3,5-7H2,1H3. The van der Waals surface area contributed by atoms with Gasteiger partial charge in [-0.05, 0) is 19.4 Å². The lowest BCUT2D eigenvalue weighted by molar-refractivity contribution is -0.174. The zero-order chi connectivity index (χ0) is 12.5. The summed E-state index contributed by atoms with van der Waals surface area (Å²) in [6.45, 7) is 3.83. The van der Waals surface area contributed by atoms with Crippen LogP contribution in [-0.2, 0) is 4.74 Å². The topological polar surface area (TPSA) is 21.3 Å². The molecule has 1 saturated heterocycles. The van der Waals surface area contributed by atoms with E-state index in [2.05, 4.69) is 5.32 Å². The maximum Gasteiger partial charge on any atom is 0.399 e. The Morgan fingerprint density at radius 1 is 1.41 bits per heavy atom. The molecule has 1 atom stereocenters. The number of halogens is 3. The van der Waals surface area contributed by atoms with Gasteiger partial charge in [0, 0.05) is 19.0 Å². The number of allylic oxidation sites excluding steroid dienone is 4. The largest absolute Gasteiger partial charge is 0.497 e. The van der Waals surface area contributed by atoms with Crippen LogP contribution in [0.25, 0.3) is 0 Å². The van der Waals surface area contributed by atoms with E-state index in [-0.39, 0.29) is 12.2 Å². The van der Waals surface area contributed by atoms with Gasteiger partial charge < -0.3 is 10.1 Å². The first kappa shape index (κ1) is 12.5. The van der Waals surface area contributed by atoms with E-state index in [0.717, 1.165) is 18.7 Å². The average Bonchev–Trinajstić information content (AvgIpc) is 2.13. The van der Waals surface area contributed by atoms with E-state index in [1.807, 2.05) is 0 Å². The van der Waals surface area contributed by atoms with Crippen molar-refractivity contribution in [2.75, 3.05) is 19.7 Å². The average molecular weight is 247 g/mol. The van der Waals surface area contributed by atoms with Gasteiger partial charge in [-0.1, -0.05) is 11.6 Å². The van der Waals surface area contributed by atoms with Gasteiger partial charge in [-0.3, -0.25) is 0 Å². The summed E-state index contributed by atoms with van der Waals surface area (Å²) in [5, 5.41) is 3.07. The van der Waals surface area contributed by atoms with Crippen molar-refractivity contribution in [1.29, 1.82) is 0 Å². The minimum Gasteiger partial charge on any atom is -0.497 e. The quantitative estimate of drug-likeness (QED) is 0.827. The van der Waals surface area contributed by atoms with Crippen LogP contribution >= 0.6 is 0 Å². The van der Waals surface area contributed by atoms with Gasteiger partial charge in [0.1, 0.15) is 11.7 Å². The lowest BCUT2D eigenvalue weighted by Crippen LogP contribution is -2.44. The molecule has 0 amide bonds. The molecular formula is C12H16F3NO. The molecule has 0 aromatic rings. The van der Waals surface area contributed by atoms with Gasteiger partial charge in [-0.15, -0.1) is 0 Å². The highest BCUT2D eigenvalue weighted by molar-refractivity contribution is 5.26. The minimum absolute atomic E-state index is 0.00984. The monoisotopic (exact) mass is 247 g/mol. The van der Waals surface area contributed by atoms with Crippen LogP contribution in [0.2, 0.25) is 0 Å². The van der Waals surface area contributed by atoms with Crippen LogP contribution in [0, 0.1) is 11.8 Å². The molecule has 0 bridgehead atoms. The lowest BCUT2D eigenvalue weighted by Gasteiger charge is -2.30. The lowest BCUT2D eigenvalue weighted by atomic mass is 9.94. The molecule has 1 N–H and O–H groups in total. The Labute approximate surface area is 98.5 Å². The van der Waals surface area contributed by atoms with Crippen LogP contribution in [0.3, 0.4) is 0 Å². The van der Waals surface area contributed by atoms with Gasteiger partial charge in [0.2, 0.25) is 0 Å². The predicted octanol–water partition coefficient (Wildman–Crippen LogP) is 2.63. The van der Waals surface area contributed by atoms with Crippen molar-refractivity contribution in [3.05, 3.63) is 23.5 Å². The highest BCUT2D eigenvalue weighted by Gasteiger charge is 2.43. The molecule has 1 heterocycles. The molecule has 1 aliphatic carbocycles. The third-order valence-electron chi connectivity index (χ3n) is 3.14. The Morgan fingerprint density at radius 3 is 2.65 bits per heavy atom. The van der Waals surface area contributed by atoms with Crippen molar-refractivity contribution in [1.82, 2.24) is 5.32 Å². The molecular weight excluding hydrogens is 231 g/mol. The van der Waals surface area contributed by atoms with Crippen LogP contribution in [0.1, 0.15) is 13.3 Å². The molecule has 2 aliphatic rings. The van der Waals surface area contributed by atoms with E-state index >= 15 is 0 Å². The van der Waals surface area contributed by atoms with Crippen molar-refractivity contribution in [3.8, 4) is 0 Å². The molecule has 2 nitrogen and oxygen atoms in total. The van der Waals surface area contributed by atoms with Gasteiger partial charge in [0.15, 0.2) is 0 Å². The van der Waals surface area contributed by atoms with E-state index in [9.17, 15) is 13.2 Å². The Hall–Kier alpha value is -0.970. The molecule has 0 spiro atoms. The second kappa shape index (κ2) is 4.72. The van der Waals surface area contributed by atoms with Gasteiger partial charge in [-0.25, -0.2) is 0 Å². The van der Waals surface area contributed by atoms with E-state index in [1.165, 1.54) is 6.08 Å². The summed E-state index contributed by atoms with van der Waals surface area (Å²) < 4.78 is 43.7. The van der Waals surface area contributed by atoms with Crippen LogP contribution in [0.5, 0.6) is 0 Å². The van der Waals surface area contributed by atoms with Crippen molar-refractivity contribution >= 4 is 0 Å². The molecule has 17 heavy (non-hydrogen) atoms. The molecule has 2 rings (SSSR count). The summed E-state index contributed by atoms with van der Waals surface area (Å²) in [5.74, 6) is -1.06. The predicted molar refractivity (Wildman–Crippen MR) is 58.3 cm³/mol. The SMILES string of the molecule is CC1=CCC(C(F)(F)F)C(OCC2CNC2)=C1. The summed E-state index contributed by atoms with van der Waals surface area (Å²) >= 11 is 0. The molecule has 0 aromatic heterocycles. The van der Waals surface area contributed by atoms with Crippen LogP contribution in [0.15, 0.2) is 23.5 Å². The summed E-state index contributed by atoms with van der Waals surface area (Å²) in [5.41, 5.74) is 0.840. The third kappa shape index (κ3) is 3.03. The fraction of sp³-hybridized carbons (Fsp3) is 0.667. The second-order valence-electron chi connectivity index (χ2n) is 4.66. The Kier molecular flexibility index (Phi) is 3.47. The molecule has 0 aromatic carbocycles. The highest BCUT2D eigenvalue weighted by Crippen LogP contribution is 2.38. The summed E-state index contributed by atoms with van der Waals surface area (Å²) in [6, 6.07) is 0. The molecule has 0 saturated carbocycles. The Bertz CT molecular complexity index is 342. The normalized spacial score (nSPS) is 26.0. The second-order valence-corrected chi connectivity index (χ2v) is 4.66. The van der Waals surface area contributed by atoms with Crippen molar-refractivity contribution < 1.29 is 17.9 Å².